The van der Waals surface area contributed by atoms with Crippen LogP contribution in [0.25, 0.3) is 0 Å². The number of likely N-dealkylation sites (N-methyl/N-ethyl adjacent to an activating group) is 1. The van der Waals surface area contributed by atoms with Crippen LogP contribution in [0.4, 0.5) is 4.39 Å². The maximum atomic E-state index is 13.5. The first-order valence-electron chi connectivity index (χ1n) is 6.97. The van der Waals surface area contributed by atoms with E-state index in [0.717, 1.165) is 22.2 Å². The summed E-state index contributed by atoms with van der Waals surface area (Å²) in [4.78, 5) is 2.90. The third-order valence-electron chi connectivity index (χ3n) is 3.70. The maximum Gasteiger partial charge on any atom is 0.124 e. The molecule has 1 aliphatic rings. The molecule has 0 amide bonds. The number of thioether (sulfide) groups is 1. The molecule has 0 aliphatic carbocycles. The first-order chi connectivity index (χ1) is 10.2. The molecule has 0 saturated heterocycles. The Morgan fingerprint density at radius 3 is 2.90 bits per heavy atom. The van der Waals surface area contributed by atoms with Crippen LogP contribution in [0.3, 0.4) is 0 Å². The van der Waals surface area contributed by atoms with Gasteiger partial charge in [0.25, 0.3) is 0 Å². The Morgan fingerprint density at radius 2 is 2.19 bits per heavy atom. The van der Waals surface area contributed by atoms with E-state index in [1.165, 1.54) is 33.6 Å². The van der Waals surface area contributed by atoms with E-state index in [1.807, 2.05) is 36.2 Å². The largest absolute Gasteiger partial charge is 0.312 e. The molecule has 1 atom stereocenters. The summed E-state index contributed by atoms with van der Waals surface area (Å²) in [5.41, 5.74) is 2.51. The van der Waals surface area contributed by atoms with Crippen molar-refractivity contribution in [2.75, 3.05) is 12.8 Å². The van der Waals surface area contributed by atoms with Crippen molar-refractivity contribution >= 4 is 39.0 Å². The highest BCUT2D eigenvalue weighted by molar-refractivity contribution is 9.10. The van der Waals surface area contributed by atoms with Gasteiger partial charge in [-0.15, -0.1) is 11.3 Å². The van der Waals surface area contributed by atoms with E-state index in [4.69, 9.17) is 0 Å². The molecule has 5 heteroatoms. The van der Waals surface area contributed by atoms with Gasteiger partial charge in [-0.2, -0.15) is 11.8 Å². The molecule has 1 N–H and O–H groups in total. The molecule has 1 aliphatic heterocycles. The number of nitrogens with one attached hydrogen (secondary N) is 1. The van der Waals surface area contributed by atoms with Crippen LogP contribution in [0.2, 0.25) is 0 Å². The Balaban J connectivity index is 1.82. The number of rotatable bonds is 4. The number of hydrogen-bond donors (Lipinski definition) is 1. The molecular formula is C16H17BrFNS2. The molecule has 2 heterocycles. The zero-order valence-corrected chi connectivity index (χ0v) is 15.0. The van der Waals surface area contributed by atoms with Gasteiger partial charge in [-0.25, -0.2) is 4.39 Å². The normalized spacial score (nSPS) is 15.8. The maximum absolute atomic E-state index is 13.5. The van der Waals surface area contributed by atoms with Crippen molar-refractivity contribution in [2.24, 2.45) is 0 Å². The Kier molecular flexibility index (Phi) is 5.04. The standard InChI is InChI=1S/C16H17BrFNS2/c1-19-14(6-10-4-12(17)8-13(18)5-10)16-7-11-9-20-3-2-15(11)21-16/h4-5,7-8,14,19H,2-3,6,9H2,1H3. The van der Waals surface area contributed by atoms with Crippen LogP contribution in [0, 0.1) is 5.82 Å². The number of aryl methyl sites for hydroxylation is 1. The molecule has 2 aromatic rings. The fourth-order valence-electron chi connectivity index (χ4n) is 2.65. The van der Waals surface area contributed by atoms with Gasteiger partial charge < -0.3 is 5.32 Å². The van der Waals surface area contributed by atoms with Crippen molar-refractivity contribution < 1.29 is 4.39 Å². The first-order valence-corrected chi connectivity index (χ1v) is 9.73. The summed E-state index contributed by atoms with van der Waals surface area (Å²) in [5, 5.41) is 3.38. The summed E-state index contributed by atoms with van der Waals surface area (Å²) in [5.74, 6) is 2.18. The van der Waals surface area contributed by atoms with Gasteiger partial charge in [0, 0.05) is 26.0 Å². The molecule has 3 rings (SSSR count). The van der Waals surface area contributed by atoms with Crippen molar-refractivity contribution in [2.45, 2.75) is 24.6 Å². The highest BCUT2D eigenvalue weighted by Gasteiger charge is 2.19. The van der Waals surface area contributed by atoms with Crippen molar-refractivity contribution in [1.29, 1.82) is 0 Å². The number of benzene rings is 1. The van der Waals surface area contributed by atoms with Gasteiger partial charge in [0.05, 0.1) is 0 Å². The minimum absolute atomic E-state index is 0.184. The van der Waals surface area contributed by atoms with E-state index >= 15 is 0 Å². The van der Waals surface area contributed by atoms with E-state index in [9.17, 15) is 4.39 Å². The molecular weight excluding hydrogens is 369 g/mol. The van der Waals surface area contributed by atoms with Gasteiger partial charge in [0.15, 0.2) is 0 Å². The van der Waals surface area contributed by atoms with Crippen molar-refractivity contribution in [3.63, 3.8) is 0 Å². The first kappa shape index (κ1) is 15.5. The van der Waals surface area contributed by atoms with Crippen molar-refractivity contribution in [3.05, 3.63) is 55.4 Å². The minimum Gasteiger partial charge on any atom is -0.312 e. The zero-order chi connectivity index (χ0) is 14.8. The Hall–Kier alpha value is -0.360. The quantitative estimate of drug-likeness (QED) is 0.799. The third kappa shape index (κ3) is 3.70. The zero-order valence-electron chi connectivity index (χ0n) is 11.8. The van der Waals surface area contributed by atoms with Crippen LogP contribution >= 0.6 is 39.0 Å². The van der Waals surface area contributed by atoms with Crippen LogP contribution in [0.1, 0.15) is 26.9 Å². The molecule has 21 heavy (non-hydrogen) atoms. The van der Waals surface area contributed by atoms with E-state index in [1.54, 1.807) is 6.07 Å². The average Bonchev–Trinajstić information content (AvgIpc) is 2.87. The number of fused-ring (bicyclic) bond motifs is 1. The Bertz CT molecular complexity index is 597. The van der Waals surface area contributed by atoms with Crippen LogP contribution in [0.15, 0.2) is 28.7 Å². The summed E-state index contributed by atoms with van der Waals surface area (Å²) >= 11 is 7.29. The second-order valence-electron chi connectivity index (χ2n) is 5.22. The summed E-state index contributed by atoms with van der Waals surface area (Å²) in [6, 6.07) is 7.70. The van der Waals surface area contributed by atoms with Crippen LogP contribution < -0.4 is 5.32 Å². The smallest absolute Gasteiger partial charge is 0.124 e. The van der Waals surface area contributed by atoms with E-state index in [2.05, 4.69) is 27.3 Å². The highest BCUT2D eigenvalue weighted by Crippen LogP contribution is 2.35. The third-order valence-corrected chi connectivity index (χ3v) is 6.52. The molecule has 1 nitrogen and oxygen atoms in total. The van der Waals surface area contributed by atoms with Crippen LogP contribution in [-0.2, 0) is 18.6 Å². The number of hydrogen-bond acceptors (Lipinski definition) is 3. The second-order valence-corrected chi connectivity index (χ2v) is 8.41. The van der Waals surface area contributed by atoms with Crippen LogP contribution in [-0.4, -0.2) is 12.8 Å². The molecule has 0 spiro atoms. The van der Waals surface area contributed by atoms with Crippen molar-refractivity contribution in [3.8, 4) is 0 Å². The predicted octanol–water partition coefficient (Wildman–Crippen LogP) is 4.94. The lowest BCUT2D eigenvalue weighted by Crippen LogP contribution is -2.17. The second kappa shape index (κ2) is 6.82. The van der Waals surface area contributed by atoms with E-state index in [-0.39, 0.29) is 11.9 Å². The van der Waals surface area contributed by atoms with Gasteiger partial charge >= 0.3 is 0 Å². The molecule has 0 saturated carbocycles. The van der Waals surface area contributed by atoms with Gasteiger partial charge in [-0.05, 0) is 61.0 Å². The monoisotopic (exact) mass is 385 g/mol. The van der Waals surface area contributed by atoms with E-state index < -0.39 is 0 Å². The Morgan fingerprint density at radius 1 is 1.33 bits per heavy atom. The number of halogens is 2. The van der Waals surface area contributed by atoms with Gasteiger partial charge in [0.1, 0.15) is 5.82 Å². The van der Waals surface area contributed by atoms with Gasteiger partial charge in [-0.3, -0.25) is 0 Å². The lowest BCUT2D eigenvalue weighted by molar-refractivity contribution is 0.591. The molecule has 1 aromatic heterocycles. The minimum atomic E-state index is -0.184. The summed E-state index contributed by atoms with van der Waals surface area (Å²) < 4.78 is 14.3. The highest BCUT2D eigenvalue weighted by atomic mass is 79.9. The van der Waals surface area contributed by atoms with Crippen LogP contribution in [0.5, 0.6) is 0 Å². The predicted molar refractivity (Wildman–Crippen MR) is 93.8 cm³/mol. The molecule has 1 aromatic carbocycles. The molecule has 112 valence electrons. The lowest BCUT2D eigenvalue weighted by atomic mass is 10.0. The Labute approximate surface area is 141 Å². The van der Waals surface area contributed by atoms with Gasteiger partial charge in [0.2, 0.25) is 0 Å². The lowest BCUT2D eigenvalue weighted by Gasteiger charge is -2.15. The molecule has 0 radical (unpaired) electrons. The van der Waals surface area contributed by atoms with Crippen molar-refractivity contribution in [1.82, 2.24) is 5.32 Å². The molecule has 1 unspecified atom stereocenters. The molecule has 0 fully saturated rings. The molecule has 0 bridgehead atoms. The summed E-state index contributed by atoms with van der Waals surface area (Å²) in [7, 11) is 1.98. The summed E-state index contributed by atoms with van der Waals surface area (Å²) in [6.07, 6.45) is 1.99. The van der Waals surface area contributed by atoms with Gasteiger partial charge in [-0.1, -0.05) is 15.9 Å². The topological polar surface area (TPSA) is 12.0 Å². The summed E-state index contributed by atoms with van der Waals surface area (Å²) in [6.45, 7) is 0. The van der Waals surface area contributed by atoms with E-state index in [0.29, 0.717) is 0 Å². The number of thiophene rings is 1. The fraction of sp³-hybridized carbons (Fsp3) is 0.375. The average molecular weight is 386 g/mol. The fourth-order valence-corrected chi connectivity index (χ4v) is 5.65. The SMILES string of the molecule is CNC(Cc1cc(F)cc(Br)c1)c1cc2c(s1)CCSC2.